The van der Waals surface area contributed by atoms with Crippen molar-refractivity contribution < 1.29 is 14.3 Å². The smallest absolute Gasteiger partial charge is 0.428 e. The molecule has 0 fully saturated rings. The number of halogens is 2. The molecule has 0 unspecified atom stereocenters. The maximum atomic E-state index is 12.3. The Balaban J connectivity index is 1.92. The predicted molar refractivity (Wildman–Crippen MR) is 111 cm³/mol. The lowest BCUT2D eigenvalue weighted by Gasteiger charge is -2.29. The third-order valence-corrected chi connectivity index (χ3v) is 4.86. The lowest BCUT2D eigenvalue weighted by Crippen LogP contribution is -2.36. The van der Waals surface area contributed by atoms with E-state index in [2.05, 4.69) is 31.9 Å². The topological polar surface area (TPSA) is 35.5 Å². The van der Waals surface area contributed by atoms with Gasteiger partial charge in [0.25, 0.3) is 0 Å². The molecule has 0 N–H and O–H groups in total. The molecule has 0 aliphatic heterocycles. The molecule has 0 bridgehead atoms. The molecule has 2 rings (SSSR count). The minimum absolute atomic E-state index is 0.614. The first-order chi connectivity index (χ1) is 12.0. The third kappa shape index (κ3) is 7.12. The van der Waals surface area contributed by atoms with Gasteiger partial charge < -0.3 is 9.47 Å². The molecular formula is C21H24Br2O3. The van der Waals surface area contributed by atoms with E-state index < -0.39 is 17.4 Å². The first-order valence-electron chi connectivity index (χ1n) is 8.46. The maximum Gasteiger partial charge on any atom is 0.509 e. The molecule has 3 nitrogen and oxygen atoms in total. The normalized spacial score (nSPS) is 11.9. The van der Waals surface area contributed by atoms with Crippen molar-refractivity contribution in [1.29, 1.82) is 0 Å². The van der Waals surface area contributed by atoms with Gasteiger partial charge in [0.2, 0.25) is 0 Å². The molecule has 0 heterocycles. The summed E-state index contributed by atoms with van der Waals surface area (Å²) in [4.78, 5) is 12.3. The summed E-state index contributed by atoms with van der Waals surface area (Å²) in [5.41, 5.74) is 0.886. The second-order valence-electron chi connectivity index (χ2n) is 7.58. The summed E-state index contributed by atoms with van der Waals surface area (Å²) in [6.07, 6.45) is 0.583. The molecule has 0 spiro atoms. The second kappa shape index (κ2) is 8.57. The quantitative estimate of drug-likeness (QED) is 0.428. The van der Waals surface area contributed by atoms with Gasteiger partial charge in [-0.25, -0.2) is 4.79 Å². The van der Waals surface area contributed by atoms with Crippen LogP contribution in [0, 0.1) is 0 Å². The number of ether oxygens (including phenoxy) is 2. The molecule has 26 heavy (non-hydrogen) atoms. The molecule has 0 radical (unpaired) electrons. The molecular weight excluding hydrogens is 460 g/mol. The summed E-state index contributed by atoms with van der Waals surface area (Å²) >= 11 is 6.84. The number of benzene rings is 2. The van der Waals surface area contributed by atoms with Crippen molar-refractivity contribution >= 4 is 38.0 Å². The van der Waals surface area contributed by atoms with E-state index in [1.165, 1.54) is 0 Å². The van der Waals surface area contributed by atoms with Crippen LogP contribution in [0.5, 0.6) is 0 Å². The van der Waals surface area contributed by atoms with Gasteiger partial charge in [0.05, 0.1) is 0 Å². The minimum atomic E-state index is -0.654. The number of hydrogen-bond acceptors (Lipinski definition) is 3. The average molecular weight is 484 g/mol. The van der Waals surface area contributed by atoms with E-state index in [0.29, 0.717) is 12.8 Å². The zero-order chi connectivity index (χ0) is 19.4. The van der Waals surface area contributed by atoms with E-state index in [9.17, 15) is 4.79 Å². The van der Waals surface area contributed by atoms with Gasteiger partial charge in [0.1, 0.15) is 11.2 Å². The number of carbonyl (C=O) groups is 1. The number of rotatable bonds is 6. The zero-order valence-corrected chi connectivity index (χ0v) is 18.7. The summed E-state index contributed by atoms with van der Waals surface area (Å²) in [7, 11) is 0. The highest BCUT2D eigenvalue weighted by Gasteiger charge is 2.29. The van der Waals surface area contributed by atoms with E-state index >= 15 is 0 Å². The Labute approximate surface area is 172 Å². The standard InChI is InChI=1S/C21H24Br2O3/c1-20(2,13-15-5-9-17(22)10-6-15)25-19(24)26-21(3,4)14-16-7-11-18(23)12-8-16/h5-12H,13-14H2,1-4H3. The summed E-state index contributed by atoms with van der Waals surface area (Å²) in [6.45, 7) is 7.55. The van der Waals surface area contributed by atoms with Crippen molar-refractivity contribution in [2.75, 3.05) is 0 Å². The van der Waals surface area contributed by atoms with Gasteiger partial charge in [-0.1, -0.05) is 56.1 Å². The first kappa shape index (κ1) is 21.0. The van der Waals surface area contributed by atoms with Crippen LogP contribution in [0.4, 0.5) is 4.79 Å². The fraction of sp³-hybridized carbons (Fsp3) is 0.381. The van der Waals surface area contributed by atoms with Crippen LogP contribution < -0.4 is 0 Å². The van der Waals surface area contributed by atoms with Gasteiger partial charge in [-0.15, -0.1) is 0 Å². The molecule has 0 aliphatic rings. The van der Waals surface area contributed by atoms with Crippen LogP contribution in [-0.2, 0) is 22.3 Å². The third-order valence-electron chi connectivity index (χ3n) is 3.81. The van der Waals surface area contributed by atoms with Crippen LogP contribution in [0.15, 0.2) is 57.5 Å². The SMILES string of the molecule is CC(C)(Cc1ccc(Br)cc1)OC(=O)OC(C)(C)Cc1ccc(Br)cc1. The van der Waals surface area contributed by atoms with Crippen LogP contribution in [0.25, 0.3) is 0 Å². The number of carbonyl (C=O) groups excluding carboxylic acids is 1. The largest absolute Gasteiger partial charge is 0.509 e. The zero-order valence-electron chi connectivity index (χ0n) is 15.5. The van der Waals surface area contributed by atoms with Crippen molar-refractivity contribution in [3.63, 3.8) is 0 Å². The molecule has 0 atom stereocenters. The van der Waals surface area contributed by atoms with E-state index in [0.717, 1.165) is 20.1 Å². The van der Waals surface area contributed by atoms with Crippen molar-refractivity contribution in [3.8, 4) is 0 Å². The van der Waals surface area contributed by atoms with E-state index in [4.69, 9.17) is 9.47 Å². The van der Waals surface area contributed by atoms with Gasteiger partial charge in [-0.05, 0) is 63.1 Å². The molecule has 0 aromatic heterocycles. The van der Waals surface area contributed by atoms with E-state index in [1.54, 1.807) is 0 Å². The molecule has 0 saturated heterocycles. The van der Waals surface area contributed by atoms with E-state index in [1.807, 2.05) is 76.2 Å². The predicted octanol–water partition coefficient (Wildman–Crippen LogP) is 6.71. The van der Waals surface area contributed by atoms with Crippen LogP contribution in [-0.4, -0.2) is 17.4 Å². The Bertz CT molecular complexity index is 671. The first-order valence-corrected chi connectivity index (χ1v) is 10.0. The average Bonchev–Trinajstić information content (AvgIpc) is 2.50. The number of hydrogen-bond donors (Lipinski definition) is 0. The Kier molecular flexibility index (Phi) is 6.92. The lowest BCUT2D eigenvalue weighted by atomic mass is 9.98. The minimum Gasteiger partial charge on any atom is -0.428 e. The van der Waals surface area contributed by atoms with Gasteiger partial charge in [0, 0.05) is 21.8 Å². The molecule has 140 valence electrons. The Morgan fingerprint density at radius 1 is 0.731 bits per heavy atom. The fourth-order valence-corrected chi connectivity index (χ4v) is 3.26. The van der Waals surface area contributed by atoms with Crippen molar-refractivity contribution in [2.45, 2.75) is 51.7 Å². The summed E-state index contributed by atoms with van der Waals surface area (Å²) in [5.74, 6) is 0. The maximum absolute atomic E-state index is 12.3. The Morgan fingerprint density at radius 3 is 1.35 bits per heavy atom. The fourth-order valence-electron chi connectivity index (χ4n) is 2.73. The van der Waals surface area contributed by atoms with Crippen molar-refractivity contribution in [3.05, 3.63) is 68.6 Å². The van der Waals surface area contributed by atoms with Crippen LogP contribution >= 0.6 is 31.9 Å². The Morgan fingerprint density at radius 2 is 1.04 bits per heavy atom. The molecule has 2 aromatic carbocycles. The highest BCUT2D eigenvalue weighted by molar-refractivity contribution is 9.10. The molecule has 2 aromatic rings. The van der Waals surface area contributed by atoms with Crippen LogP contribution in [0.1, 0.15) is 38.8 Å². The Hall–Kier alpha value is -1.33. The highest BCUT2D eigenvalue weighted by Crippen LogP contribution is 2.23. The summed E-state index contributed by atoms with van der Waals surface area (Å²) < 4.78 is 13.2. The van der Waals surface area contributed by atoms with Gasteiger partial charge in [-0.3, -0.25) is 0 Å². The van der Waals surface area contributed by atoms with Crippen molar-refractivity contribution in [1.82, 2.24) is 0 Å². The molecule has 0 saturated carbocycles. The monoisotopic (exact) mass is 482 g/mol. The van der Waals surface area contributed by atoms with Gasteiger partial charge >= 0.3 is 6.16 Å². The lowest BCUT2D eigenvalue weighted by molar-refractivity contribution is -0.0582. The van der Waals surface area contributed by atoms with Gasteiger partial charge in [0.15, 0.2) is 0 Å². The van der Waals surface area contributed by atoms with Crippen LogP contribution in [0.2, 0.25) is 0 Å². The molecule has 0 amide bonds. The summed E-state index contributed by atoms with van der Waals surface area (Å²) in [5, 5.41) is 0. The highest BCUT2D eigenvalue weighted by atomic mass is 79.9. The molecule has 5 heteroatoms. The van der Waals surface area contributed by atoms with Gasteiger partial charge in [-0.2, -0.15) is 0 Å². The van der Waals surface area contributed by atoms with E-state index in [-0.39, 0.29) is 0 Å². The molecule has 0 aliphatic carbocycles. The second-order valence-corrected chi connectivity index (χ2v) is 9.41. The van der Waals surface area contributed by atoms with Crippen LogP contribution in [0.3, 0.4) is 0 Å². The van der Waals surface area contributed by atoms with Crippen molar-refractivity contribution in [2.24, 2.45) is 0 Å². The summed E-state index contributed by atoms with van der Waals surface area (Å²) in [6, 6.07) is 16.0.